The van der Waals surface area contributed by atoms with Gasteiger partial charge in [0.1, 0.15) is 11.5 Å². The summed E-state index contributed by atoms with van der Waals surface area (Å²) in [7, 11) is 0. The molecule has 19 heavy (non-hydrogen) atoms. The van der Waals surface area contributed by atoms with Gasteiger partial charge in [0.2, 0.25) is 0 Å². The third-order valence-electron chi connectivity index (χ3n) is 3.42. The molecule has 2 aromatic rings. The summed E-state index contributed by atoms with van der Waals surface area (Å²) >= 11 is 3.43. The fraction of sp³-hybridized carbons (Fsp3) is 0.333. The molecule has 0 unspecified atom stereocenters. The van der Waals surface area contributed by atoms with Crippen LogP contribution in [0, 0.1) is 0 Å². The third-order valence-corrected chi connectivity index (χ3v) is 3.95. The van der Waals surface area contributed by atoms with Crippen molar-refractivity contribution in [3.8, 4) is 11.3 Å². The summed E-state index contributed by atoms with van der Waals surface area (Å²) in [6.45, 7) is 2.46. The van der Waals surface area contributed by atoms with E-state index in [9.17, 15) is 5.11 Å². The van der Waals surface area contributed by atoms with Gasteiger partial charge in [0.25, 0.3) is 0 Å². The molecule has 0 aliphatic carbocycles. The number of hydrogen-bond donors (Lipinski definition) is 1. The van der Waals surface area contributed by atoms with Gasteiger partial charge < -0.3 is 9.52 Å². The van der Waals surface area contributed by atoms with Gasteiger partial charge in [-0.25, -0.2) is 0 Å². The lowest BCUT2D eigenvalue weighted by atomic mass is 10.2. The molecule has 3 rings (SSSR count). The first-order valence-corrected chi connectivity index (χ1v) is 7.25. The van der Waals surface area contributed by atoms with Crippen molar-refractivity contribution in [2.75, 3.05) is 13.1 Å². The van der Waals surface area contributed by atoms with Gasteiger partial charge in [-0.1, -0.05) is 28.1 Å². The Bertz CT molecular complexity index is 550. The highest BCUT2D eigenvalue weighted by atomic mass is 79.9. The summed E-state index contributed by atoms with van der Waals surface area (Å²) in [4.78, 5) is 2.22. The first kappa shape index (κ1) is 12.9. The maximum Gasteiger partial charge on any atom is 0.134 e. The van der Waals surface area contributed by atoms with Crippen molar-refractivity contribution in [3.63, 3.8) is 0 Å². The van der Waals surface area contributed by atoms with E-state index in [2.05, 4.69) is 20.8 Å². The van der Waals surface area contributed by atoms with E-state index < -0.39 is 0 Å². The van der Waals surface area contributed by atoms with E-state index in [0.717, 1.165) is 47.6 Å². The van der Waals surface area contributed by atoms with Gasteiger partial charge in [0.15, 0.2) is 0 Å². The molecule has 1 aromatic carbocycles. The van der Waals surface area contributed by atoms with Crippen LogP contribution in [0.1, 0.15) is 12.2 Å². The molecule has 1 fully saturated rings. The van der Waals surface area contributed by atoms with Gasteiger partial charge in [0.05, 0.1) is 12.6 Å². The van der Waals surface area contributed by atoms with E-state index >= 15 is 0 Å². The topological polar surface area (TPSA) is 36.6 Å². The number of nitrogens with zero attached hydrogens (tertiary/aromatic N) is 1. The minimum Gasteiger partial charge on any atom is -0.460 e. The predicted molar refractivity (Wildman–Crippen MR) is 77.7 cm³/mol. The van der Waals surface area contributed by atoms with Crippen molar-refractivity contribution in [2.45, 2.75) is 19.1 Å². The molecule has 1 N–H and O–H groups in total. The van der Waals surface area contributed by atoms with Crippen LogP contribution in [0.3, 0.4) is 0 Å². The molecule has 0 saturated carbocycles. The van der Waals surface area contributed by atoms with Crippen LogP contribution < -0.4 is 0 Å². The highest BCUT2D eigenvalue weighted by Gasteiger charge is 2.21. The van der Waals surface area contributed by atoms with Crippen molar-refractivity contribution in [1.29, 1.82) is 0 Å². The van der Waals surface area contributed by atoms with Crippen LogP contribution in [0.2, 0.25) is 0 Å². The molecule has 100 valence electrons. The second-order valence-corrected chi connectivity index (χ2v) is 5.87. The minimum absolute atomic E-state index is 0.180. The van der Waals surface area contributed by atoms with Crippen molar-refractivity contribution in [2.24, 2.45) is 0 Å². The van der Waals surface area contributed by atoms with E-state index in [1.165, 1.54) is 0 Å². The molecule has 0 bridgehead atoms. The Balaban J connectivity index is 1.71. The summed E-state index contributed by atoms with van der Waals surface area (Å²) in [6, 6.07) is 12.1. The molecule has 0 spiro atoms. The maximum absolute atomic E-state index is 9.51. The van der Waals surface area contributed by atoms with Crippen molar-refractivity contribution in [3.05, 3.63) is 46.6 Å². The van der Waals surface area contributed by atoms with E-state index in [1.807, 2.05) is 36.4 Å². The van der Waals surface area contributed by atoms with Crippen LogP contribution in [0.25, 0.3) is 11.3 Å². The fourth-order valence-electron chi connectivity index (χ4n) is 2.41. The molecule has 1 atom stereocenters. The Morgan fingerprint density at radius 2 is 2.00 bits per heavy atom. The van der Waals surface area contributed by atoms with Crippen molar-refractivity contribution >= 4 is 15.9 Å². The molecular weight excluding hydrogens is 306 g/mol. The van der Waals surface area contributed by atoms with Gasteiger partial charge in [-0.15, -0.1) is 0 Å². The lowest BCUT2D eigenvalue weighted by molar-refractivity contribution is 0.172. The Labute approximate surface area is 121 Å². The van der Waals surface area contributed by atoms with E-state index in [4.69, 9.17) is 4.42 Å². The molecule has 1 aromatic heterocycles. The standard InChI is InChI=1S/C15H16BrNO2/c16-12-3-1-11(2-4-12)15-6-5-14(19-15)10-17-8-7-13(18)9-17/h1-6,13,18H,7-10H2/t13-/m1/s1. The lowest BCUT2D eigenvalue weighted by Gasteiger charge is -2.12. The van der Waals surface area contributed by atoms with Crippen LogP contribution in [0.15, 0.2) is 45.3 Å². The summed E-state index contributed by atoms with van der Waals surface area (Å²) in [5.41, 5.74) is 1.08. The summed E-state index contributed by atoms with van der Waals surface area (Å²) in [5.74, 6) is 1.84. The Morgan fingerprint density at radius 3 is 2.68 bits per heavy atom. The summed E-state index contributed by atoms with van der Waals surface area (Å²) in [5, 5.41) is 9.51. The van der Waals surface area contributed by atoms with Gasteiger partial charge in [0, 0.05) is 23.1 Å². The maximum atomic E-state index is 9.51. The molecule has 1 aliphatic rings. The molecule has 1 saturated heterocycles. The van der Waals surface area contributed by atoms with Crippen LogP contribution >= 0.6 is 15.9 Å². The van der Waals surface area contributed by atoms with Crippen molar-refractivity contribution < 1.29 is 9.52 Å². The van der Waals surface area contributed by atoms with E-state index in [1.54, 1.807) is 0 Å². The smallest absolute Gasteiger partial charge is 0.134 e. The lowest BCUT2D eigenvalue weighted by Crippen LogP contribution is -2.21. The number of β-amino-alcohol motifs (C(OH)–C–C–N with tert-alkyl or cyclic N) is 1. The van der Waals surface area contributed by atoms with Gasteiger partial charge in [-0.3, -0.25) is 4.90 Å². The number of benzene rings is 1. The molecule has 0 radical (unpaired) electrons. The molecule has 0 amide bonds. The van der Waals surface area contributed by atoms with Crippen LogP contribution in [0.4, 0.5) is 0 Å². The number of rotatable bonds is 3. The zero-order valence-corrected chi connectivity index (χ0v) is 12.1. The average Bonchev–Trinajstić information content (AvgIpc) is 3.00. The molecule has 1 aliphatic heterocycles. The highest BCUT2D eigenvalue weighted by Crippen LogP contribution is 2.25. The fourth-order valence-corrected chi connectivity index (χ4v) is 2.67. The monoisotopic (exact) mass is 321 g/mol. The molecule has 2 heterocycles. The first-order chi connectivity index (χ1) is 9.20. The highest BCUT2D eigenvalue weighted by molar-refractivity contribution is 9.10. The predicted octanol–water partition coefficient (Wildman–Crippen LogP) is 3.28. The second kappa shape index (κ2) is 5.49. The Morgan fingerprint density at radius 1 is 1.21 bits per heavy atom. The van der Waals surface area contributed by atoms with E-state index in [-0.39, 0.29) is 6.10 Å². The van der Waals surface area contributed by atoms with Crippen LogP contribution in [0.5, 0.6) is 0 Å². The molecule has 4 heteroatoms. The number of hydrogen-bond acceptors (Lipinski definition) is 3. The number of furan rings is 1. The van der Waals surface area contributed by atoms with E-state index in [0.29, 0.717) is 0 Å². The van der Waals surface area contributed by atoms with Crippen molar-refractivity contribution in [1.82, 2.24) is 4.90 Å². The SMILES string of the molecule is O[C@@H]1CCN(Cc2ccc(-c3ccc(Br)cc3)o2)C1. The summed E-state index contributed by atoms with van der Waals surface area (Å²) < 4.78 is 6.93. The number of aliphatic hydroxyl groups excluding tert-OH is 1. The molecule has 3 nitrogen and oxygen atoms in total. The molecular formula is C15H16BrNO2. The zero-order chi connectivity index (χ0) is 13.2. The van der Waals surface area contributed by atoms with Gasteiger partial charge >= 0.3 is 0 Å². The van der Waals surface area contributed by atoms with Crippen LogP contribution in [-0.4, -0.2) is 29.2 Å². The largest absolute Gasteiger partial charge is 0.460 e. The van der Waals surface area contributed by atoms with Gasteiger partial charge in [-0.05, 0) is 30.7 Å². The number of halogens is 1. The second-order valence-electron chi connectivity index (χ2n) is 4.95. The normalized spacial score (nSPS) is 20.0. The summed E-state index contributed by atoms with van der Waals surface area (Å²) in [6.07, 6.45) is 0.682. The minimum atomic E-state index is -0.180. The Hall–Kier alpha value is -1.10. The Kier molecular flexibility index (Phi) is 3.73. The van der Waals surface area contributed by atoms with Gasteiger partial charge in [-0.2, -0.15) is 0 Å². The van der Waals surface area contributed by atoms with Crippen LogP contribution in [-0.2, 0) is 6.54 Å². The zero-order valence-electron chi connectivity index (χ0n) is 10.6. The quantitative estimate of drug-likeness (QED) is 0.942. The number of aliphatic hydroxyl groups is 1. The average molecular weight is 322 g/mol. The third kappa shape index (κ3) is 3.08. The first-order valence-electron chi connectivity index (χ1n) is 6.46. The number of likely N-dealkylation sites (tertiary alicyclic amines) is 1.